The summed E-state index contributed by atoms with van der Waals surface area (Å²) in [6, 6.07) is 85.2. The Kier molecular flexibility index (Phi) is 9.96. The van der Waals surface area contributed by atoms with Crippen molar-refractivity contribution in [1.82, 2.24) is 29.9 Å². The fourth-order valence-electron chi connectivity index (χ4n) is 11.0. The van der Waals surface area contributed by atoms with E-state index < -0.39 is 0 Å². The van der Waals surface area contributed by atoms with E-state index in [1.807, 2.05) is 53.8 Å². The van der Waals surface area contributed by atoms with Crippen LogP contribution in [0.3, 0.4) is 0 Å². The van der Waals surface area contributed by atoms with Crippen molar-refractivity contribution in [1.29, 1.82) is 0 Å². The van der Waals surface area contributed by atoms with Crippen molar-refractivity contribution in [3.8, 4) is 79.5 Å². The first-order valence-electron chi connectivity index (χ1n) is 25.1. The SMILES string of the molecule is c1ccc(-c2cccc(-c3nc(-c4ccccc4)nc(-c4cc5c6ccccc6c6ccccc6c5c5sc6cc7ccccc7c(-c7nc(-c8ccccc8)nc(-c8ccc9ccccc9c8)n7)c6c45)n3)c2)cc1. The van der Waals surface area contributed by atoms with E-state index in [2.05, 4.69) is 200 Å². The average molecular weight is 973 g/mol. The Morgan fingerprint density at radius 3 is 1.37 bits per heavy atom. The van der Waals surface area contributed by atoms with E-state index in [-0.39, 0.29) is 0 Å². The Morgan fingerprint density at radius 2 is 0.707 bits per heavy atom. The molecule has 0 saturated heterocycles. The maximum absolute atomic E-state index is 5.56. The van der Waals surface area contributed by atoms with Crippen LogP contribution in [0, 0.1) is 0 Å². The second-order valence-electron chi connectivity index (χ2n) is 18.9. The lowest BCUT2D eigenvalue weighted by molar-refractivity contribution is 1.08. The first-order valence-corrected chi connectivity index (χ1v) is 25.9. The molecule has 0 unspecified atom stereocenters. The maximum Gasteiger partial charge on any atom is 0.165 e. The highest BCUT2D eigenvalue weighted by molar-refractivity contribution is 7.27. The van der Waals surface area contributed by atoms with Gasteiger partial charge in [0.1, 0.15) is 0 Å². The summed E-state index contributed by atoms with van der Waals surface area (Å²) in [5.41, 5.74) is 7.63. The summed E-state index contributed by atoms with van der Waals surface area (Å²) in [5, 5.41) is 13.5. The van der Waals surface area contributed by atoms with Gasteiger partial charge in [-0.25, -0.2) is 29.9 Å². The largest absolute Gasteiger partial charge is 0.208 e. The van der Waals surface area contributed by atoms with Crippen LogP contribution < -0.4 is 0 Å². The Balaban J connectivity index is 1.11. The van der Waals surface area contributed by atoms with Crippen molar-refractivity contribution in [2.24, 2.45) is 0 Å². The summed E-state index contributed by atoms with van der Waals surface area (Å²) in [6.07, 6.45) is 0. The molecule has 12 aromatic carbocycles. The van der Waals surface area contributed by atoms with Crippen LogP contribution in [0.2, 0.25) is 0 Å². The molecule has 0 radical (unpaired) electrons. The topological polar surface area (TPSA) is 77.3 Å². The van der Waals surface area contributed by atoms with Gasteiger partial charge in [-0.05, 0) is 83.9 Å². The van der Waals surface area contributed by atoms with Gasteiger partial charge in [-0.15, -0.1) is 11.3 Å². The van der Waals surface area contributed by atoms with Crippen molar-refractivity contribution < 1.29 is 0 Å². The van der Waals surface area contributed by atoms with Crippen LogP contribution in [0.25, 0.3) is 153 Å². The lowest BCUT2D eigenvalue weighted by Crippen LogP contribution is -2.02. The molecule has 75 heavy (non-hydrogen) atoms. The summed E-state index contributed by atoms with van der Waals surface area (Å²) in [4.78, 5) is 32.6. The number of rotatable bonds is 7. The number of nitrogens with zero attached hydrogens (tertiary/aromatic N) is 6. The Morgan fingerprint density at radius 1 is 0.240 bits per heavy atom. The van der Waals surface area contributed by atoms with Gasteiger partial charge in [0.05, 0.1) is 0 Å². The van der Waals surface area contributed by atoms with Crippen LogP contribution in [0.1, 0.15) is 0 Å². The molecule has 0 aliphatic heterocycles. The third-order valence-corrected chi connectivity index (χ3v) is 15.6. The number of hydrogen-bond donors (Lipinski definition) is 0. The molecule has 15 aromatic rings. The zero-order valence-corrected chi connectivity index (χ0v) is 41.0. The van der Waals surface area contributed by atoms with Gasteiger partial charge >= 0.3 is 0 Å². The average Bonchev–Trinajstić information content (AvgIpc) is 3.91. The minimum absolute atomic E-state index is 0.574. The molecule has 3 aromatic heterocycles. The molecule has 348 valence electrons. The van der Waals surface area contributed by atoms with E-state index in [4.69, 9.17) is 29.9 Å². The van der Waals surface area contributed by atoms with Crippen molar-refractivity contribution in [2.75, 3.05) is 0 Å². The molecule has 6 nitrogen and oxygen atoms in total. The van der Waals surface area contributed by atoms with Crippen LogP contribution in [0.5, 0.6) is 0 Å². The van der Waals surface area contributed by atoms with Crippen LogP contribution in [0.15, 0.2) is 243 Å². The highest BCUT2D eigenvalue weighted by Crippen LogP contribution is 2.52. The molecule has 0 N–H and O–H groups in total. The third kappa shape index (κ3) is 7.24. The highest BCUT2D eigenvalue weighted by atomic mass is 32.1. The van der Waals surface area contributed by atoms with Crippen molar-refractivity contribution in [2.45, 2.75) is 0 Å². The molecular formula is C68H40N6S. The molecule has 0 bridgehead atoms. The molecule has 0 aliphatic rings. The monoisotopic (exact) mass is 972 g/mol. The zero-order chi connectivity index (χ0) is 49.4. The normalized spacial score (nSPS) is 11.7. The maximum atomic E-state index is 5.56. The fraction of sp³-hybridized carbons (Fsp3) is 0. The number of hydrogen-bond acceptors (Lipinski definition) is 7. The van der Waals surface area contributed by atoms with Gasteiger partial charge in [-0.2, -0.15) is 0 Å². The fourth-order valence-corrected chi connectivity index (χ4v) is 12.4. The summed E-state index contributed by atoms with van der Waals surface area (Å²) >= 11 is 1.81. The second-order valence-corrected chi connectivity index (χ2v) is 20.0. The predicted octanol–water partition coefficient (Wildman–Crippen LogP) is 17.9. The number of thiophene rings is 1. The molecule has 0 atom stereocenters. The van der Waals surface area contributed by atoms with E-state index in [0.717, 1.165) is 97.0 Å². The van der Waals surface area contributed by atoms with Gasteiger partial charge in [0.25, 0.3) is 0 Å². The van der Waals surface area contributed by atoms with Crippen molar-refractivity contribution >= 4 is 85.4 Å². The minimum Gasteiger partial charge on any atom is -0.208 e. The van der Waals surface area contributed by atoms with Gasteiger partial charge in [-0.1, -0.05) is 218 Å². The first-order chi connectivity index (χ1) is 37.2. The van der Waals surface area contributed by atoms with E-state index >= 15 is 0 Å². The summed E-state index contributed by atoms with van der Waals surface area (Å²) in [5.74, 6) is 3.53. The van der Waals surface area contributed by atoms with Crippen LogP contribution >= 0.6 is 11.3 Å². The molecule has 0 spiro atoms. The number of aromatic nitrogens is 6. The molecule has 0 aliphatic carbocycles. The van der Waals surface area contributed by atoms with E-state index in [0.29, 0.717) is 34.9 Å². The third-order valence-electron chi connectivity index (χ3n) is 14.5. The molecular weight excluding hydrogens is 933 g/mol. The predicted molar refractivity (Wildman–Crippen MR) is 312 cm³/mol. The van der Waals surface area contributed by atoms with E-state index in [1.54, 1.807) is 0 Å². The summed E-state index contributed by atoms with van der Waals surface area (Å²) in [6.45, 7) is 0. The van der Waals surface area contributed by atoms with Gasteiger partial charge in [0.15, 0.2) is 34.9 Å². The van der Waals surface area contributed by atoms with Crippen LogP contribution in [0.4, 0.5) is 0 Å². The van der Waals surface area contributed by atoms with E-state index in [1.165, 1.54) is 21.5 Å². The molecule has 0 saturated carbocycles. The molecule has 15 rings (SSSR count). The second kappa shape index (κ2) is 17.4. The van der Waals surface area contributed by atoms with Gasteiger partial charge < -0.3 is 0 Å². The van der Waals surface area contributed by atoms with Crippen LogP contribution in [-0.2, 0) is 0 Å². The Hall–Kier alpha value is -9.82. The quantitative estimate of drug-likeness (QED) is 0.148. The summed E-state index contributed by atoms with van der Waals surface area (Å²) in [7, 11) is 0. The first kappa shape index (κ1) is 42.8. The highest BCUT2D eigenvalue weighted by Gasteiger charge is 2.26. The Labute approximate surface area is 435 Å². The van der Waals surface area contributed by atoms with Crippen LogP contribution in [-0.4, -0.2) is 29.9 Å². The number of fused-ring (bicyclic) bond motifs is 12. The lowest BCUT2D eigenvalue weighted by atomic mass is 9.89. The number of benzene rings is 12. The zero-order valence-electron chi connectivity index (χ0n) is 40.2. The molecule has 3 heterocycles. The molecule has 0 amide bonds. The lowest BCUT2D eigenvalue weighted by Gasteiger charge is -2.16. The van der Waals surface area contributed by atoms with E-state index in [9.17, 15) is 0 Å². The molecule has 7 heteroatoms. The Bertz CT molecular complexity index is 4770. The summed E-state index contributed by atoms with van der Waals surface area (Å²) < 4.78 is 2.24. The minimum atomic E-state index is 0.574. The van der Waals surface area contributed by atoms with Crippen molar-refractivity contribution in [3.63, 3.8) is 0 Å². The molecule has 0 fully saturated rings. The van der Waals surface area contributed by atoms with Crippen molar-refractivity contribution in [3.05, 3.63) is 243 Å². The van der Waals surface area contributed by atoms with Gasteiger partial charge in [0.2, 0.25) is 0 Å². The standard InChI is InChI=1S/C68H40N6S/c1-4-19-41(20-5-1)46-28-18-29-48(37-46)65-69-63(43-22-6-2-7-23-43)71-67(72-65)56-40-55-53-33-15-14-31-51(53)52-32-16-17-34-54(52)58(55)62-59(56)61-57(75-62)39-47-27-12-13-30-50(47)60(61)68-73-64(44-24-8-3-9-25-44)70-66(74-68)49-36-35-42-21-10-11-26-45(42)38-49/h1-40H. The van der Waals surface area contributed by atoms with Gasteiger partial charge in [-0.3, -0.25) is 0 Å². The smallest absolute Gasteiger partial charge is 0.165 e. The van der Waals surface area contributed by atoms with Gasteiger partial charge in [0, 0.05) is 58.9 Å².